The van der Waals surface area contributed by atoms with Gasteiger partial charge in [-0.1, -0.05) is 52.0 Å². The number of hydrogen-bond acceptors (Lipinski definition) is 5. The van der Waals surface area contributed by atoms with Crippen LogP contribution in [0, 0.1) is 0 Å². The van der Waals surface area contributed by atoms with Crippen molar-refractivity contribution in [2.75, 3.05) is 0 Å². The molecule has 6 rings (SSSR count). The van der Waals surface area contributed by atoms with Crippen LogP contribution >= 0.6 is 0 Å². The zero-order valence-corrected chi connectivity index (χ0v) is 21.1. The van der Waals surface area contributed by atoms with E-state index in [1.165, 1.54) is 28.6 Å². The van der Waals surface area contributed by atoms with Crippen molar-refractivity contribution < 1.29 is 13.3 Å². The van der Waals surface area contributed by atoms with Crippen LogP contribution in [0.2, 0.25) is 0 Å². The first-order valence-corrected chi connectivity index (χ1v) is 12.7. The first-order valence-electron chi connectivity index (χ1n) is 12.7. The second kappa shape index (κ2) is 8.98. The quantitative estimate of drug-likeness (QED) is 0.230. The van der Waals surface area contributed by atoms with Crippen LogP contribution in [0.25, 0.3) is 33.2 Å². The van der Waals surface area contributed by atoms with Gasteiger partial charge in [0.15, 0.2) is 23.5 Å². The van der Waals surface area contributed by atoms with Gasteiger partial charge in [0, 0.05) is 11.8 Å². The Balaban J connectivity index is 1.31. The highest BCUT2D eigenvalue weighted by Crippen LogP contribution is 2.33. The number of fused-ring (bicyclic) bond motifs is 3. The first kappa shape index (κ1) is 22.6. The Morgan fingerprint density at radius 2 is 1.50 bits per heavy atom. The minimum Gasteiger partial charge on any atom is -0.464 e. The third-order valence-electron chi connectivity index (χ3n) is 7.28. The summed E-state index contributed by atoms with van der Waals surface area (Å²) in [6.07, 6.45) is 4.82. The second-order valence-corrected chi connectivity index (χ2v) is 10.3. The van der Waals surface area contributed by atoms with Gasteiger partial charge >= 0.3 is 0 Å². The molecule has 0 amide bonds. The summed E-state index contributed by atoms with van der Waals surface area (Å²) in [6, 6.07) is 19.1. The Bertz CT molecular complexity index is 1670. The summed E-state index contributed by atoms with van der Waals surface area (Å²) >= 11 is 0. The van der Waals surface area contributed by atoms with Crippen molar-refractivity contribution in [1.82, 2.24) is 9.97 Å². The molecule has 0 bridgehead atoms. The maximum absolute atomic E-state index is 6.43. The van der Waals surface area contributed by atoms with E-state index in [-0.39, 0.29) is 5.92 Å². The SMILES string of the molecule is CC(C)c1cc(CC(C)c2ccc3ccoc3c2)c2oc(CC(C)c3ccc4ncoc4c3)nc2c1. The molecule has 0 spiro atoms. The second-order valence-electron chi connectivity index (χ2n) is 10.3. The number of nitrogens with zero attached hydrogens (tertiary/aromatic N) is 2. The Kier molecular flexibility index (Phi) is 5.63. The smallest absolute Gasteiger partial charge is 0.196 e. The van der Waals surface area contributed by atoms with Gasteiger partial charge in [0.2, 0.25) is 0 Å². The molecule has 0 saturated heterocycles. The molecule has 3 aromatic heterocycles. The standard InChI is InChI=1S/C31H30N2O3/c1-18(2)24-13-25(11-19(3)22-6-5-21-9-10-34-28(21)15-22)31-27(14-24)33-30(36-31)12-20(4)23-7-8-26-29(16-23)35-17-32-26/h5-10,13-20H,11-12H2,1-4H3. The Morgan fingerprint density at radius 3 is 2.33 bits per heavy atom. The Morgan fingerprint density at radius 1 is 0.722 bits per heavy atom. The fourth-order valence-electron chi connectivity index (χ4n) is 5.03. The van der Waals surface area contributed by atoms with Crippen molar-refractivity contribution in [1.29, 1.82) is 0 Å². The number of oxazole rings is 2. The maximum Gasteiger partial charge on any atom is 0.196 e. The van der Waals surface area contributed by atoms with Crippen molar-refractivity contribution in [3.8, 4) is 0 Å². The highest BCUT2D eigenvalue weighted by molar-refractivity contribution is 5.79. The van der Waals surface area contributed by atoms with Crippen LogP contribution in [0.5, 0.6) is 0 Å². The van der Waals surface area contributed by atoms with Crippen molar-refractivity contribution in [2.24, 2.45) is 0 Å². The molecule has 0 aliphatic rings. The predicted octanol–water partition coefficient (Wildman–Crippen LogP) is 8.53. The number of benzene rings is 3. The largest absolute Gasteiger partial charge is 0.464 e. The number of aromatic nitrogens is 2. The predicted molar refractivity (Wildman–Crippen MR) is 143 cm³/mol. The average molecular weight is 479 g/mol. The Labute approximate surface area is 210 Å². The van der Waals surface area contributed by atoms with E-state index in [2.05, 4.69) is 75.1 Å². The molecule has 36 heavy (non-hydrogen) atoms. The third kappa shape index (κ3) is 4.19. The van der Waals surface area contributed by atoms with E-state index in [9.17, 15) is 0 Å². The maximum atomic E-state index is 6.43. The van der Waals surface area contributed by atoms with E-state index in [1.807, 2.05) is 12.1 Å². The normalized spacial score (nSPS) is 13.8. The molecule has 0 aliphatic carbocycles. The lowest BCUT2D eigenvalue weighted by Crippen LogP contribution is -2.00. The molecule has 0 N–H and O–H groups in total. The van der Waals surface area contributed by atoms with Crippen LogP contribution in [0.4, 0.5) is 0 Å². The van der Waals surface area contributed by atoms with Gasteiger partial charge in [-0.25, -0.2) is 9.97 Å². The molecule has 2 atom stereocenters. The van der Waals surface area contributed by atoms with Gasteiger partial charge in [-0.2, -0.15) is 0 Å². The van der Waals surface area contributed by atoms with Gasteiger partial charge in [-0.05, 0) is 76.8 Å². The molecule has 0 fully saturated rings. The molecule has 3 aromatic carbocycles. The highest BCUT2D eigenvalue weighted by atomic mass is 16.3. The van der Waals surface area contributed by atoms with E-state index in [1.54, 1.807) is 6.26 Å². The lowest BCUT2D eigenvalue weighted by Gasteiger charge is -2.14. The van der Waals surface area contributed by atoms with Crippen molar-refractivity contribution in [3.63, 3.8) is 0 Å². The zero-order valence-electron chi connectivity index (χ0n) is 21.1. The molecular formula is C31H30N2O3. The van der Waals surface area contributed by atoms with Crippen LogP contribution in [0.1, 0.15) is 73.6 Å². The summed E-state index contributed by atoms with van der Waals surface area (Å²) in [5, 5.41) is 1.13. The summed E-state index contributed by atoms with van der Waals surface area (Å²) in [5.41, 5.74) is 9.40. The van der Waals surface area contributed by atoms with E-state index >= 15 is 0 Å². The minimum absolute atomic E-state index is 0.236. The van der Waals surface area contributed by atoms with Crippen molar-refractivity contribution in [2.45, 2.75) is 58.3 Å². The summed E-state index contributed by atoms with van der Waals surface area (Å²) in [6.45, 7) is 8.90. The third-order valence-corrected chi connectivity index (χ3v) is 7.28. The number of hydrogen-bond donors (Lipinski definition) is 0. The van der Waals surface area contributed by atoms with Crippen LogP contribution in [-0.4, -0.2) is 9.97 Å². The van der Waals surface area contributed by atoms with E-state index in [4.69, 9.17) is 18.2 Å². The van der Waals surface area contributed by atoms with Crippen molar-refractivity contribution >= 4 is 33.2 Å². The molecule has 3 heterocycles. The molecular weight excluding hydrogens is 448 g/mol. The molecule has 6 aromatic rings. The molecule has 0 radical (unpaired) electrons. The van der Waals surface area contributed by atoms with Crippen LogP contribution in [-0.2, 0) is 12.8 Å². The monoisotopic (exact) mass is 478 g/mol. The average Bonchev–Trinajstić information content (AvgIpc) is 3.61. The van der Waals surface area contributed by atoms with E-state index < -0.39 is 0 Å². The van der Waals surface area contributed by atoms with Crippen molar-refractivity contribution in [3.05, 3.63) is 95.4 Å². The molecule has 182 valence electrons. The zero-order chi connectivity index (χ0) is 24.8. The molecule has 2 unspecified atom stereocenters. The summed E-state index contributed by atoms with van der Waals surface area (Å²) in [5.74, 6) is 1.73. The van der Waals surface area contributed by atoms with Gasteiger partial charge in [0.05, 0.1) is 6.26 Å². The van der Waals surface area contributed by atoms with Gasteiger partial charge in [0.25, 0.3) is 0 Å². The minimum atomic E-state index is 0.236. The summed E-state index contributed by atoms with van der Waals surface area (Å²) in [4.78, 5) is 9.15. The van der Waals surface area contributed by atoms with Crippen LogP contribution < -0.4 is 0 Å². The van der Waals surface area contributed by atoms with Gasteiger partial charge in [-0.15, -0.1) is 0 Å². The first-order chi connectivity index (χ1) is 17.4. The summed E-state index contributed by atoms with van der Waals surface area (Å²) in [7, 11) is 0. The van der Waals surface area contributed by atoms with E-state index in [0.717, 1.165) is 51.9 Å². The fraction of sp³-hybridized carbons (Fsp3) is 0.290. The Hall–Kier alpha value is -3.86. The molecule has 5 heteroatoms. The van der Waals surface area contributed by atoms with Crippen LogP contribution in [0.3, 0.4) is 0 Å². The molecule has 0 aliphatic heterocycles. The van der Waals surface area contributed by atoms with Crippen LogP contribution in [0.15, 0.2) is 80.5 Å². The highest BCUT2D eigenvalue weighted by Gasteiger charge is 2.19. The van der Waals surface area contributed by atoms with E-state index in [0.29, 0.717) is 11.8 Å². The molecule has 5 nitrogen and oxygen atoms in total. The van der Waals surface area contributed by atoms with Gasteiger partial charge in [-0.3, -0.25) is 0 Å². The number of furan rings is 1. The topological polar surface area (TPSA) is 65.2 Å². The molecule has 0 saturated carbocycles. The lowest BCUT2D eigenvalue weighted by atomic mass is 9.90. The summed E-state index contributed by atoms with van der Waals surface area (Å²) < 4.78 is 17.6. The van der Waals surface area contributed by atoms with Gasteiger partial charge < -0.3 is 13.3 Å². The fourth-order valence-corrected chi connectivity index (χ4v) is 5.03. The van der Waals surface area contributed by atoms with Gasteiger partial charge in [0.1, 0.15) is 16.6 Å². The number of rotatable bonds is 7. The lowest BCUT2D eigenvalue weighted by molar-refractivity contribution is 0.504.